The van der Waals surface area contributed by atoms with Crippen molar-refractivity contribution >= 4 is 0 Å². The van der Waals surface area contributed by atoms with E-state index in [0.29, 0.717) is 24.7 Å². The van der Waals surface area contributed by atoms with Crippen LogP contribution in [0.15, 0.2) is 46.1 Å². The molecule has 2 aliphatic rings. The standard InChI is InChI=1S/C23H30N2O4/c1-15-12-25(21(27)24-20(15)26)18-10-19(29-22(2,3)4)23(11-17(18)23)14-28-13-16-8-6-5-7-9-16/h5-9,12,17-19H,10-11,13-14H2,1-4H3,(H,24,26,27)/t17?,18-,19-,23+/m0/s1. The smallest absolute Gasteiger partial charge is 0.328 e. The third kappa shape index (κ3) is 3.96. The summed E-state index contributed by atoms with van der Waals surface area (Å²) in [5.41, 5.74) is 0.696. The molecule has 6 nitrogen and oxygen atoms in total. The highest BCUT2D eigenvalue weighted by Crippen LogP contribution is 2.68. The quantitative estimate of drug-likeness (QED) is 0.811. The van der Waals surface area contributed by atoms with Crippen molar-refractivity contribution in [3.8, 4) is 0 Å². The number of aromatic nitrogens is 2. The van der Waals surface area contributed by atoms with Gasteiger partial charge in [0.2, 0.25) is 0 Å². The number of nitrogens with one attached hydrogen (secondary N) is 1. The molecule has 1 heterocycles. The molecular weight excluding hydrogens is 368 g/mol. The molecule has 1 aromatic carbocycles. The van der Waals surface area contributed by atoms with E-state index in [4.69, 9.17) is 9.47 Å². The highest BCUT2D eigenvalue weighted by Gasteiger charge is 2.68. The minimum absolute atomic E-state index is 0.0192. The van der Waals surface area contributed by atoms with Crippen molar-refractivity contribution in [2.24, 2.45) is 11.3 Å². The van der Waals surface area contributed by atoms with Gasteiger partial charge in [0.05, 0.1) is 24.9 Å². The molecule has 2 fully saturated rings. The lowest BCUT2D eigenvalue weighted by Crippen LogP contribution is -2.36. The van der Waals surface area contributed by atoms with Gasteiger partial charge in [0.15, 0.2) is 0 Å². The van der Waals surface area contributed by atoms with Gasteiger partial charge >= 0.3 is 5.69 Å². The molecule has 0 spiro atoms. The Morgan fingerprint density at radius 2 is 1.93 bits per heavy atom. The number of rotatable bonds is 6. The Kier molecular flexibility index (Phi) is 5.03. The Morgan fingerprint density at radius 3 is 2.62 bits per heavy atom. The van der Waals surface area contributed by atoms with Crippen LogP contribution in [0.3, 0.4) is 0 Å². The lowest BCUT2D eigenvalue weighted by Gasteiger charge is -2.31. The van der Waals surface area contributed by atoms with E-state index in [1.807, 2.05) is 18.2 Å². The Bertz CT molecular complexity index is 988. The lowest BCUT2D eigenvalue weighted by molar-refractivity contribution is -0.104. The van der Waals surface area contributed by atoms with E-state index < -0.39 is 0 Å². The van der Waals surface area contributed by atoms with Crippen LogP contribution in [0, 0.1) is 18.3 Å². The molecule has 0 radical (unpaired) electrons. The second kappa shape index (κ2) is 7.26. The number of aryl methyl sites for hydroxylation is 1. The lowest BCUT2D eigenvalue weighted by atomic mass is 10.00. The Morgan fingerprint density at radius 1 is 1.21 bits per heavy atom. The van der Waals surface area contributed by atoms with Gasteiger partial charge in [0.25, 0.3) is 5.56 Å². The van der Waals surface area contributed by atoms with Crippen LogP contribution < -0.4 is 11.2 Å². The molecule has 0 saturated heterocycles. The van der Waals surface area contributed by atoms with Crippen LogP contribution in [0.5, 0.6) is 0 Å². The monoisotopic (exact) mass is 398 g/mol. The van der Waals surface area contributed by atoms with E-state index in [2.05, 4.69) is 37.9 Å². The molecule has 29 heavy (non-hydrogen) atoms. The molecule has 2 aliphatic carbocycles. The summed E-state index contributed by atoms with van der Waals surface area (Å²) in [4.78, 5) is 26.7. The van der Waals surface area contributed by atoms with E-state index in [1.165, 1.54) is 0 Å². The number of ether oxygens (including phenoxy) is 2. The van der Waals surface area contributed by atoms with Gasteiger partial charge in [-0.1, -0.05) is 30.3 Å². The summed E-state index contributed by atoms with van der Waals surface area (Å²) in [5.74, 6) is 0.314. The first kappa shape index (κ1) is 20.1. The summed E-state index contributed by atoms with van der Waals surface area (Å²) >= 11 is 0. The maximum absolute atomic E-state index is 12.5. The zero-order valence-corrected chi connectivity index (χ0v) is 17.6. The van der Waals surface area contributed by atoms with Crippen molar-refractivity contribution in [2.75, 3.05) is 6.61 Å². The molecule has 4 atom stereocenters. The minimum atomic E-state index is -0.340. The number of H-pyrrole nitrogens is 1. The van der Waals surface area contributed by atoms with Crippen molar-refractivity contribution in [3.05, 3.63) is 68.5 Å². The second-order valence-corrected chi connectivity index (χ2v) is 9.52. The second-order valence-electron chi connectivity index (χ2n) is 9.52. The maximum Gasteiger partial charge on any atom is 0.328 e. The van der Waals surface area contributed by atoms with Crippen LogP contribution in [0.2, 0.25) is 0 Å². The fourth-order valence-corrected chi connectivity index (χ4v) is 4.78. The number of fused-ring (bicyclic) bond motifs is 1. The normalized spacial score (nSPS) is 28.3. The third-order valence-electron chi connectivity index (χ3n) is 6.22. The highest BCUT2D eigenvalue weighted by atomic mass is 16.5. The maximum atomic E-state index is 12.5. The molecule has 0 bridgehead atoms. The molecule has 2 saturated carbocycles. The number of aromatic amines is 1. The molecular formula is C23H30N2O4. The average Bonchev–Trinajstić information content (AvgIpc) is 3.30. The fourth-order valence-electron chi connectivity index (χ4n) is 4.78. The van der Waals surface area contributed by atoms with E-state index in [9.17, 15) is 9.59 Å². The van der Waals surface area contributed by atoms with Gasteiger partial charge in [-0.3, -0.25) is 14.3 Å². The first-order valence-corrected chi connectivity index (χ1v) is 10.3. The zero-order valence-electron chi connectivity index (χ0n) is 17.6. The number of hydrogen-bond acceptors (Lipinski definition) is 4. The average molecular weight is 399 g/mol. The summed E-state index contributed by atoms with van der Waals surface area (Å²) in [6, 6.07) is 10.2. The predicted molar refractivity (Wildman–Crippen MR) is 111 cm³/mol. The van der Waals surface area contributed by atoms with Gasteiger partial charge in [0.1, 0.15) is 0 Å². The van der Waals surface area contributed by atoms with Crippen LogP contribution in [-0.4, -0.2) is 27.9 Å². The number of hydrogen-bond donors (Lipinski definition) is 1. The first-order valence-electron chi connectivity index (χ1n) is 10.3. The molecule has 0 amide bonds. The topological polar surface area (TPSA) is 73.3 Å². The van der Waals surface area contributed by atoms with Crippen LogP contribution in [0.4, 0.5) is 0 Å². The zero-order chi connectivity index (χ0) is 20.8. The summed E-state index contributed by atoms with van der Waals surface area (Å²) in [5, 5.41) is 0. The molecule has 1 aromatic heterocycles. The molecule has 1 N–H and O–H groups in total. The first-order chi connectivity index (χ1) is 13.7. The molecule has 0 aliphatic heterocycles. The summed E-state index contributed by atoms with van der Waals surface area (Å²) in [6.45, 7) is 9.10. The van der Waals surface area contributed by atoms with E-state index >= 15 is 0 Å². The molecule has 1 unspecified atom stereocenters. The summed E-state index contributed by atoms with van der Waals surface area (Å²) in [7, 11) is 0. The van der Waals surface area contributed by atoms with Crippen molar-refractivity contribution in [1.29, 1.82) is 0 Å². The van der Waals surface area contributed by atoms with Crippen molar-refractivity contribution in [2.45, 2.75) is 64.9 Å². The van der Waals surface area contributed by atoms with E-state index in [-0.39, 0.29) is 34.4 Å². The van der Waals surface area contributed by atoms with E-state index in [1.54, 1.807) is 17.7 Å². The molecule has 156 valence electrons. The van der Waals surface area contributed by atoms with Crippen LogP contribution >= 0.6 is 0 Å². The Hall–Kier alpha value is -2.18. The van der Waals surface area contributed by atoms with Crippen molar-refractivity contribution in [1.82, 2.24) is 9.55 Å². The van der Waals surface area contributed by atoms with Gasteiger partial charge in [-0.2, -0.15) is 0 Å². The molecule has 4 rings (SSSR count). The van der Waals surface area contributed by atoms with Gasteiger partial charge < -0.3 is 9.47 Å². The summed E-state index contributed by atoms with van der Waals surface area (Å²) in [6.07, 6.45) is 3.44. The minimum Gasteiger partial charge on any atom is -0.376 e. The Labute approximate surface area is 170 Å². The largest absolute Gasteiger partial charge is 0.376 e. The summed E-state index contributed by atoms with van der Waals surface area (Å²) < 4.78 is 14.3. The van der Waals surface area contributed by atoms with Crippen molar-refractivity contribution in [3.63, 3.8) is 0 Å². The van der Waals surface area contributed by atoms with E-state index in [0.717, 1.165) is 18.4 Å². The van der Waals surface area contributed by atoms with Gasteiger partial charge in [-0.25, -0.2) is 4.79 Å². The highest BCUT2D eigenvalue weighted by molar-refractivity contribution is 5.19. The number of nitrogens with zero attached hydrogens (tertiary/aromatic N) is 1. The molecule has 6 heteroatoms. The molecule has 2 aromatic rings. The fraction of sp³-hybridized carbons (Fsp3) is 0.565. The van der Waals surface area contributed by atoms with Gasteiger partial charge in [0, 0.05) is 23.2 Å². The van der Waals surface area contributed by atoms with Crippen LogP contribution in [0.25, 0.3) is 0 Å². The van der Waals surface area contributed by atoms with Crippen molar-refractivity contribution < 1.29 is 9.47 Å². The van der Waals surface area contributed by atoms with Gasteiger partial charge in [-0.05, 0) is 52.0 Å². The Balaban J connectivity index is 1.55. The third-order valence-corrected chi connectivity index (χ3v) is 6.22. The number of benzene rings is 1. The van der Waals surface area contributed by atoms with Gasteiger partial charge in [-0.15, -0.1) is 0 Å². The van der Waals surface area contributed by atoms with Crippen LogP contribution in [0.1, 0.15) is 50.8 Å². The van der Waals surface area contributed by atoms with Crippen LogP contribution in [-0.2, 0) is 16.1 Å². The SMILES string of the molecule is Cc1cn([C@H]2C[C@H](OC(C)(C)C)[C@@]3(COCc4ccccc4)CC23)c(=O)[nH]c1=O. The predicted octanol–water partition coefficient (Wildman–Crippen LogP) is 3.20.